The van der Waals surface area contributed by atoms with Crippen molar-refractivity contribution in [2.75, 3.05) is 18.0 Å². The molecule has 2 rings (SSSR count). The van der Waals surface area contributed by atoms with Crippen LogP contribution in [-0.4, -0.2) is 24.2 Å². The summed E-state index contributed by atoms with van der Waals surface area (Å²) >= 11 is 0. The van der Waals surface area contributed by atoms with Crippen LogP contribution in [0.1, 0.15) is 53.0 Å². The largest absolute Gasteiger partial charge is 0.363 e. The van der Waals surface area contributed by atoms with E-state index in [0.717, 1.165) is 13.1 Å². The molecule has 1 aliphatic heterocycles. The highest BCUT2D eigenvalue weighted by molar-refractivity contribution is 5.51. The number of anilines is 1. The highest BCUT2D eigenvalue weighted by Gasteiger charge is 2.37. The number of hydrogen-bond acceptors (Lipinski definition) is 2. The third-order valence-corrected chi connectivity index (χ3v) is 4.16. The van der Waals surface area contributed by atoms with Crippen LogP contribution in [0.15, 0.2) is 24.3 Å². The zero-order valence-corrected chi connectivity index (χ0v) is 13.2. The molecule has 2 nitrogen and oxygen atoms in total. The van der Waals surface area contributed by atoms with Gasteiger partial charge in [-0.15, -0.1) is 0 Å². The molecule has 0 bridgehead atoms. The summed E-state index contributed by atoms with van der Waals surface area (Å²) in [6.45, 7) is 15.7. The van der Waals surface area contributed by atoms with Gasteiger partial charge >= 0.3 is 0 Å². The Morgan fingerprint density at radius 1 is 1.05 bits per heavy atom. The second-order valence-electron chi connectivity index (χ2n) is 7.38. The van der Waals surface area contributed by atoms with Crippen LogP contribution in [0.5, 0.6) is 0 Å². The maximum Gasteiger partial charge on any atom is 0.0471 e. The van der Waals surface area contributed by atoms with E-state index in [1.165, 1.54) is 11.3 Å². The number of nitrogens with one attached hydrogen (secondary N) is 1. The average Bonchev–Trinajstić information content (AvgIpc) is 2.33. The molecule has 1 N–H and O–H groups in total. The standard InChI is InChI=1S/C17H28N2/c1-13(2)14-7-9-15(10-8-14)19-12-16(3,4)18-11-17(19,5)6/h7-10,13,18H,11-12H2,1-6H3. The minimum Gasteiger partial charge on any atom is -0.363 e. The van der Waals surface area contributed by atoms with Gasteiger partial charge in [0, 0.05) is 29.9 Å². The molecule has 0 saturated carbocycles. The van der Waals surface area contributed by atoms with Crippen molar-refractivity contribution in [3.63, 3.8) is 0 Å². The van der Waals surface area contributed by atoms with Crippen LogP contribution >= 0.6 is 0 Å². The van der Waals surface area contributed by atoms with Gasteiger partial charge < -0.3 is 10.2 Å². The van der Waals surface area contributed by atoms with E-state index in [1.807, 2.05) is 0 Å². The monoisotopic (exact) mass is 260 g/mol. The predicted octanol–water partition coefficient (Wildman–Crippen LogP) is 3.78. The minimum absolute atomic E-state index is 0.162. The van der Waals surface area contributed by atoms with Gasteiger partial charge in [0.05, 0.1) is 0 Å². The molecule has 0 radical (unpaired) electrons. The number of nitrogens with zero attached hydrogens (tertiary/aromatic N) is 1. The second-order valence-corrected chi connectivity index (χ2v) is 7.38. The van der Waals surface area contributed by atoms with Gasteiger partial charge in [-0.1, -0.05) is 26.0 Å². The normalized spacial score (nSPS) is 21.7. The summed E-state index contributed by atoms with van der Waals surface area (Å²) in [5.41, 5.74) is 3.08. The topological polar surface area (TPSA) is 15.3 Å². The van der Waals surface area contributed by atoms with E-state index >= 15 is 0 Å². The quantitative estimate of drug-likeness (QED) is 0.870. The van der Waals surface area contributed by atoms with Crippen LogP contribution in [0.3, 0.4) is 0 Å². The second kappa shape index (κ2) is 4.82. The SMILES string of the molecule is CC(C)c1ccc(N2CC(C)(C)NCC2(C)C)cc1. The van der Waals surface area contributed by atoms with Gasteiger partial charge in [0.1, 0.15) is 0 Å². The van der Waals surface area contributed by atoms with Crippen molar-refractivity contribution < 1.29 is 0 Å². The smallest absolute Gasteiger partial charge is 0.0471 e. The van der Waals surface area contributed by atoms with Crippen LogP contribution in [0, 0.1) is 0 Å². The lowest BCUT2D eigenvalue weighted by molar-refractivity contribution is 0.261. The van der Waals surface area contributed by atoms with E-state index in [-0.39, 0.29) is 11.1 Å². The first kappa shape index (κ1) is 14.4. The van der Waals surface area contributed by atoms with Crippen molar-refractivity contribution in [2.45, 2.75) is 58.5 Å². The number of piperazine rings is 1. The Balaban J connectivity index is 2.27. The van der Waals surface area contributed by atoms with Crippen molar-refractivity contribution in [1.29, 1.82) is 0 Å². The molecule has 0 spiro atoms. The number of rotatable bonds is 2. The molecule has 0 unspecified atom stereocenters. The first-order valence-corrected chi connectivity index (χ1v) is 7.34. The first-order valence-electron chi connectivity index (χ1n) is 7.34. The zero-order chi connectivity index (χ0) is 14.3. The van der Waals surface area contributed by atoms with Crippen LogP contribution in [0.4, 0.5) is 5.69 Å². The number of hydrogen-bond donors (Lipinski definition) is 1. The van der Waals surface area contributed by atoms with Gasteiger partial charge in [0.2, 0.25) is 0 Å². The lowest BCUT2D eigenvalue weighted by Crippen LogP contribution is -2.66. The molecule has 1 saturated heterocycles. The Morgan fingerprint density at radius 3 is 2.16 bits per heavy atom. The zero-order valence-electron chi connectivity index (χ0n) is 13.2. The highest BCUT2D eigenvalue weighted by Crippen LogP contribution is 2.30. The van der Waals surface area contributed by atoms with Gasteiger partial charge in [-0.05, 0) is 51.3 Å². The van der Waals surface area contributed by atoms with Crippen LogP contribution in [-0.2, 0) is 0 Å². The van der Waals surface area contributed by atoms with Crippen molar-refractivity contribution in [3.05, 3.63) is 29.8 Å². The van der Waals surface area contributed by atoms with E-state index in [1.54, 1.807) is 0 Å². The summed E-state index contributed by atoms with van der Waals surface area (Å²) in [7, 11) is 0. The fourth-order valence-electron chi connectivity index (χ4n) is 2.70. The van der Waals surface area contributed by atoms with E-state index in [9.17, 15) is 0 Å². The van der Waals surface area contributed by atoms with Crippen molar-refractivity contribution in [2.24, 2.45) is 0 Å². The van der Waals surface area contributed by atoms with Crippen molar-refractivity contribution in [1.82, 2.24) is 5.32 Å². The van der Waals surface area contributed by atoms with E-state index in [2.05, 4.69) is 76.0 Å². The molecule has 1 fully saturated rings. The summed E-state index contributed by atoms with van der Waals surface area (Å²) < 4.78 is 0. The Kier molecular flexibility index (Phi) is 3.65. The molecule has 0 aromatic heterocycles. The molecule has 1 aromatic rings. The molecule has 0 atom stereocenters. The first-order chi connectivity index (χ1) is 8.71. The molecular weight excluding hydrogens is 232 g/mol. The molecule has 0 aliphatic carbocycles. The maximum absolute atomic E-state index is 3.64. The molecule has 106 valence electrons. The van der Waals surface area contributed by atoms with E-state index in [0.29, 0.717) is 5.92 Å². The Labute approximate surface area is 118 Å². The third-order valence-electron chi connectivity index (χ3n) is 4.16. The highest BCUT2D eigenvalue weighted by atomic mass is 15.3. The third kappa shape index (κ3) is 3.11. The average molecular weight is 260 g/mol. The van der Waals surface area contributed by atoms with Crippen LogP contribution < -0.4 is 10.2 Å². The number of benzene rings is 1. The lowest BCUT2D eigenvalue weighted by atomic mass is 9.90. The van der Waals surface area contributed by atoms with Gasteiger partial charge in [0.15, 0.2) is 0 Å². The summed E-state index contributed by atoms with van der Waals surface area (Å²) in [6, 6.07) is 9.09. The summed E-state index contributed by atoms with van der Waals surface area (Å²) in [5.74, 6) is 0.599. The fraction of sp³-hybridized carbons (Fsp3) is 0.647. The van der Waals surface area contributed by atoms with Gasteiger partial charge in [0.25, 0.3) is 0 Å². The van der Waals surface area contributed by atoms with Crippen LogP contribution in [0.2, 0.25) is 0 Å². The Morgan fingerprint density at radius 2 is 1.63 bits per heavy atom. The van der Waals surface area contributed by atoms with Crippen molar-refractivity contribution in [3.8, 4) is 0 Å². The molecule has 1 aromatic carbocycles. The predicted molar refractivity (Wildman–Crippen MR) is 84.0 cm³/mol. The molecule has 0 amide bonds. The Hall–Kier alpha value is -1.02. The van der Waals surface area contributed by atoms with Crippen molar-refractivity contribution >= 4 is 5.69 Å². The summed E-state index contributed by atoms with van der Waals surface area (Å²) in [4.78, 5) is 2.54. The Bertz CT molecular complexity index is 429. The van der Waals surface area contributed by atoms with E-state index in [4.69, 9.17) is 0 Å². The molecule has 1 aliphatic rings. The fourth-order valence-corrected chi connectivity index (χ4v) is 2.70. The molecule has 2 heteroatoms. The van der Waals surface area contributed by atoms with Gasteiger partial charge in [-0.2, -0.15) is 0 Å². The lowest BCUT2D eigenvalue weighted by Gasteiger charge is -2.51. The van der Waals surface area contributed by atoms with Gasteiger partial charge in [-0.3, -0.25) is 0 Å². The molecular formula is C17H28N2. The minimum atomic E-state index is 0.162. The molecule has 1 heterocycles. The van der Waals surface area contributed by atoms with Gasteiger partial charge in [-0.25, -0.2) is 0 Å². The summed E-state index contributed by atoms with van der Waals surface area (Å²) in [5, 5.41) is 3.64. The van der Waals surface area contributed by atoms with E-state index < -0.39 is 0 Å². The summed E-state index contributed by atoms with van der Waals surface area (Å²) in [6.07, 6.45) is 0. The maximum atomic E-state index is 3.64. The molecule has 19 heavy (non-hydrogen) atoms. The van der Waals surface area contributed by atoms with Crippen LogP contribution in [0.25, 0.3) is 0 Å².